The molecule has 1 aliphatic rings. The quantitative estimate of drug-likeness (QED) is 0.469. The molecule has 2 heteroatoms. The van der Waals surface area contributed by atoms with E-state index in [4.69, 9.17) is 0 Å². The third-order valence-electron chi connectivity index (χ3n) is 4.03. The van der Waals surface area contributed by atoms with Gasteiger partial charge in [0.2, 0.25) is 0 Å². The largest absolute Gasteiger partial charge is 0.299 e. The van der Waals surface area contributed by atoms with Crippen LogP contribution < -0.4 is 0 Å². The average molecular weight is 332 g/mol. The predicted molar refractivity (Wildman–Crippen MR) is 101 cm³/mol. The van der Waals surface area contributed by atoms with Crippen LogP contribution in [0.1, 0.15) is 70.7 Å². The van der Waals surface area contributed by atoms with E-state index in [1.807, 2.05) is 73.6 Å². The molecule has 0 spiro atoms. The summed E-state index contributed by atoms with van der Waals surface area (Å²) in [5, 5.41) is 0. The summed E-state index contributed by atoms with van der Waals surface area (Å²) in [6.07, 6.45) is 0. The number of halogens is 2. The van der Waals surface area contributed by atoms with Gasteiger partial charge in [0.15, 0.2) is 0 Å². The second-order valence-corrected chi connectivity index (χ2v) is 6.63. The van der Waals surface area contributed by atoms with Crippen molar-refractivity contribution >= 4 is 0 Å². The summed E-state index contributed by atoms with van der Waals surface area (Å²) in [5.74, 6) is -2.89. The van der Waals surface area contributed by atoms with Crippen LogP contribution in [0, 0.1) is 6.92 Å². The monoisotopic (exact) mass is 332 g/mol. The maximum Gasteiger partial charge on any atom is 0.299 e. The van der Waals surface area contributed by atoms with E-state index in [0.717, 1.165) is 11.1 Å². The van der Waals surface area contributed by atoms with E-state index in [2.05, 4.69) is 0 Å². The molecule has 0 radical (unpaired) electrons. The number of alkyl halides is 2. The third kappa shape index (κ3) is 3.53. The molecule has 2 aromatic carbocycles. The Hall–Kier alpha value is -1.70. The van der Waals surface area contributed by atoms with Crippen molar-refractivity contribution in [1.29, 1.82) is 0 Å². The van der Waals surface area contributed by atoms with Crippen molar-refractivity contribution in [3.05, 3.63) is 58.7 Å². The fourth-order valence-electron chi connectivity index (χ4n) is 2.80. The van der Waals surface area contributed by atoms with Crippen molar-refractivity contribution < 1.29 is 8.78 Å². The maximum absolute atomic E-state index is 14.7. The summed E-state index contributed by atoms with van der Waals surface area (Å²) in [4.78, 5) is 0. The van der Waals surface area contributed by atoms with Crippen molar-refractivity contribution in [1.82, 2.24) is 0 Å². The van der Waals surface area contributed by atoms with E-state index in [0.29, 0.717) is 11.1 Å². The Kier molecular flexibility index (Phi) is 6.32. The molecule has 0 saturated carbocycles. The van der Waals surface area contributed by atoms with E-state index in [1.165, 1.54) is 0 Å². The van der Waals surface area contributed by atoms with Crippen LogP contribution in [-0.4, -0.2) is 0 Å². The zero-order valence-electron chi connectivity index (χ0n) is 16.2. The van der Waals surface area contributed by atoms with Gasteiger partial charge in [0.05, 0.1) is 0 Å². The number of hydrogen-bond acceptors (Lipinski definition) is 0. The average Bonchev–Trinajstić information content (AvgIpc) is 2.78. The molecule has 1 aliphatic carbocycles. The molecule has 24 heavy (non-hydrogen) atoms. The van der Waals surface area contributed by atoms with E-state index >= 15 is 0 Å². The molecular formula is C22H30F2. The summed E-state index contributed by atoms with van der Waals surface area (Å²) in [7, 11) is 0. The lowest BCUT2D eigenvalue weighted by Gasteiger charge is -2.21. The van der Waals surface area contributed by atoms with Crippen molar-refractivity contribution in [3.63, 3.8) is 0 Å². The van der Waals surface area contributed by atoms with Gasteiger partial charge >= 0.3 is 0 Å². The van der Waals surface area contributed by atoms with Crippen LogP contribution in [0.2, 0.25) is 0 Å². The minimum Gasteiger partial charge on any atom is -0.196 e. The first-order valence-electron chi connectivity index (χ1n) is 8.85. The smallest absolute Gasteiger partial charge is 0.196 e. The van der Waals surface area contributed by atoms with Crippen LogP contribution in [0.4, 0.5) is 8.78 Å². The normalized spacial score (nSPS) is 13.8. The van der Waals surface area contributed by atoms with Gasteiger partial charge in [-0.25, -0.2) is 0 Å². The first kappa shape index (κ1) is 20.3. The molecule has 0 aliphatic heterocycles. The van der Waals surface area contributed by atoms with Crippen LogP contribution in [0.25, 0.3) is 11.1 Å². The molecule has 0 atom stereocenters. The number of benzene rings is 2. The molecule has 0 saturated heterocycles. The molecule has 0 N–H and O–H groups in total. The second-order valence-electron chi connectivity index (χ2n) is 6.63. The first-order valence-corrected chi connectivity index (χ1v) is 8.85. The Labute approximate surface area is 145 Å². The van der Waals surface area contributed by atoms with Crippen molar-refractivity contribution in [2.45, 2.75) is 66.7 Å². The van der Waals surface area contributed by atoms with Gasteiger partial charge in [-0.3, -0.25) is 0 Å². The molecule has 0 bridgehead atoms. The van der Waals surface area contributed by atoms with Crippen LogP contribution in [0.3, 0.4) is 0 Å². The molecule has 132 valence electrons. The molecule has 0 fully saturated rings. The van der Waals surface area contributed by atoms with E-state index in [9.17, 15) is 8.78 Å². The summed E-state index contributed by atoms with van der Waals surface area (Å²) in [5.41, 5.74) is 3.29. The molecule has 0 unspecified atom stereocenters. The highest BCUT2D eigenvalue weighted by Gasteiger charge is 2.44. The first-order chi connectivity index (χ1) is 11.2. The SMILES string of the molecule is CC.CC.Cc1ccc2c(c1)C(F)(F)c1cc(C(C)(C)C)ccc1-2. The third-order valence-corrected chi connectivity index (χ3v) is 4.03. The van der Waals surface area contributed by atoms with Gasteiger partial charge < -0.3 is 0 Å². The summed E-state index contributed by atoms with van der Waals surface area (Å²) < 4.78 is 29.4. The van der Waals surface area contributed by atoms with Crippen molar-refractivity contribution in [2.75, 3.05) is 0 Å². The van der Waals surface area contributed by atoms with E-state index < -0.39 is 5.92 Å². The standard InChI is InChI=1S/C18H18F2.2C2H6/c1-11-5-7-13-14-8-6-12(17(2,3)4)10-16(14)18(19,20)15(13)9-11;2*1-2/h5-10H,1-4H3;2*1-2H3. The van der Waals surface area contributed by atoms with Crippen LogP contribution in [-0.2, 0) is 11.3 Å². The highest BCUT2D eigenvalue weighted by Crippen LogP contribution is 2.51. The van der Waals surface area contributed by atoms with Crippen molar-refractivity contribution in [2.24, 2.45) is 0 Å². The predicted octanol–water partition coefficient (Wildman–Crippen LogP) is 7.47. The Bertz CT molecular complexity index is 692. The van der Waals surface area contributed by atoms with Gasteiger partial charge in [0.25, 0.3) is 5.92 Å². The highest BCUT2D eigenvalue weighted by atomic mass is 19.3. The highest BCUT2D eigenvalue weighted by molar-refractivity contribution is 5.80. The van der Waals surface area contributed by atoms with Gasteiger partial charge in [-0.2, -0.15) is 8.78 Å². The zero-order chi connectivity index (χ0) is 18.7. The van der Waals surface area contributed by atoms with E-state index in [-0.39, 0.29) is 16.5 Å². The summed E-state index contributed by atoms with van der Waals surface area (Å²) in [6, 6.07) is 10.8. The lowest BCUT2D eigenvalue weighted by Crippen LogP contribution is -2.15. The summed E-state index contributed by atoms with van der Waals surface area (Å²) >= 11 is 0. The van der Waals surface area contributed by atoms with Crippen molar-refractivity contribution in [3.8, 4) is 11.1 Å². The van der Waals surface area contributed by atoms with E-state index in [1.54, 1.807) is 18.2 Å². The molecule has 0 amide bonds. The Balaban J connectivity index is 0.000000671. The topological polar surface area (TPSA) is 0 Å². The minimum atomic E-state index is -2.89. The summed E-state index contributed by atoms with van der Waals surface area (Å²) in [6.45, 7) is 16.0. The van der Waals surface area contributed by atoms with Gasteiger partial charge in [-0.05, 0) is 41.2 Å². The Morgan fingerprint density at radius 3 is 1.71 bits per heavy atom. The molecule has 2 aromatic rings. The zero-order valence-corrected chi connectivity index (χ0v) is 16.2. The Morgan fingerprint density at radius 1 is 0.750 bits per heavy atom. The molecular weight excluding hydrogens is 302 g/mol. The molecule has 3 rings (SSSR count). The molecule has 0 aromatic heterocycles. The van der Waals surface area contributed by atoms with Crippen LogP contribution >= 0.6 is 0 Å². The fourth-order valence-corrected chi connectivity index (χ4v) is 2.80. The van der Waals surface area contributed by atoms with Crippen LogP contribution in [0.5, 0.6) is 0 Å². The maximum atomic E-state index is 14.7. The van der Waals surface area contributed by atoms with Gasteiger partial charge in [-0.15, -0.1) is 0 Å². The number of rotatable bonds is 0. The number of fused-ring (bicyclic) bond motifs is 3. The second kappa shape index (κ2) is 7.46. The molecule has 0 nitrogen and oxygen atoms in total. The Morgan fingerprint density at radius 2 is 1.21 bits per heavy atom. The molecule has 0 heterocycles. The van der Waals surface area contributed by atoms with Gasteiger partial charge in [0.1, 0.15) is 0 Å². The fraction of sp³-hybridized carbons (Fsp3) is 0.455. The lowest BCUT2D eigenvalue weighted by atomic mass is 9.85. The lowest BCUT2D eigenvalue weighted by molar-refractivity contribution is 0.0478. The number of hydrogen-bond donors (Lipinski definition) is 0. The van der Waals surface area contributed by atoms with Crippen LogP contribution in [0.15, 0.2) is 36.4 Å². The number of aryl methyl sites for hydroxylation is 1. The minimum absolute atomic E-state index is 0.129. The van der Waals surface area contributed by atoms with Gasteiger partial charge in [0, 0.05) is 11.1 Å². The van der Waals surface area contributed by atoms with Gasteiger partial charge in [-0.1, -0.05) is 78.3 Å².